The Morgan fingerprint density at radius 1 is 1.11 bits per heavy atom. The van der Waals surface area contributed by atoms with Crippen molar-refractivity contribution < 1.29 is 19.3 Å². The Kier molecular flexibility index (Phi) is 6.33. The molecule has 190 valence electrons. The third-order valence-corrected chi connectivity index (χ3v) is 7.66. The molecule has 1 aliphatic carbocycles. The summed E-state index contributed by atoms with van der Waals surface area (Å²) in [5, 5.41) is 10.0. The molecule has 2 aromatic carbocycles. The van der Waals surface area contributed by atoms with Gasteiger partial charge in [0.15, 0.2) is 17.3 Å². The van der Waals surface area contributed by atoms with Gasteiger partial charge in [-0.1, -0.05) is 30.2 Å². The summed E-state index contributed by atoms with van der Waals surface area (Å²) in [6.45, 7) is 2.73. The maximum atomic E-state index is 10.0. The smallest absolute Gasteiger partial charge is 0.165 e. The van der Waals surface area contributed by atoms with Gasteiger partial charge in [0, 0.05) is 25.2 Å². The molecule has 0 saturated carbocycles. The van der Waals surface area contributed by atoms with Crippen LogP contribution in [0, 0.1) is 17.3 Å². The van der Waals surface area contributed by atoms with Gasteiger partial charge >= 0.3 is 0 Å². The van der Waals surface area contributed by atoms with E-state index in [1.165, 1.54) is 11.1 Å². The van der Waals surface area contributed by atoms with Crippen LogP contribution in [0.15, 0.2) is 48.7 Å². The monoisotopic (exact) mass is 498 g/mol. The molecule has 6 rings (SSSR count). The Morgan fingerprint density at radius 2 is 1.92 bits per heavy atom. The molecule has 3 aliphatic rings. The van der Waals surface area contributed by atoms with Crippen LogP contribution in [0.4, 0.5) is 5.82 Å². The first kappa shape index (κ1) is 23.6. The summed E-state index contributed by atoms with van der Waals surface area (Å²) in [7, 11) is 0. The number of rotatable bonds is 4. The van der Waals surface area contributed by atoms with Crippen LogP contribution in [-0.4, -0.2) is 48.0 Å². The number of benzene rings is 2. The number of piperidine rings is 1. The summed E-state index contributed by atoms with van der Waals surface area (Å²) >= 11 is 0. The Morgan fingerprint density at radius 3 is 2.73 bits per heavy atom. The lowest BCUT2D eigenvalue weighted by atomic mass is 9.73. The molecular weight excluding hydrogens is 468 g/mol. The van der Waals surface area contributed by atoms with Crippen molar-refractivity contribution in [3.8, 4) is 29.1 Å². The molecule has 1 saturated heterocycles. The minimum absolute atomic E-state index is 0.0660. The van der Waals surface area contributed by atoms with E-state index in [1.807, 2.05) is 12.1 Å². The van der Waals surface area contributed by atoms with Crippen molar-refractivity contribution >= 4 is 5.82 Å². The van der Waals surface area contributed by atoms with E-state index in [0.29, 0.717) is 36.1 Å². The number of fused-ring (bicyclic) bond motifs is 2. The number of aromatic nitrogens is 2. The van der Waals surface area contributed by atoms with Crippen LogP contribution in [0.1, 0.15) is 41.4 Å². The molecule has 37 heavy (non-hydrogen) atoms. The SMILES string of the molecule is NC1c2ccccc2CC12CCN(c1ncc(C#CCOc3ccc4c(c3)OCCO4)nc1CO)CC2. The molecule has 8 heteroatoms. The molecule has 0 bridgehead atoms. The fourth-order valence-corrected chi connectivity index (χ4v) is 5.68. The summed E-state index contributed by atoms with van der Waals surface area (Å²) in [4.78, 5) is 11.4. The first-order chi connectivity index (χ1) is 18.1. The molecule has 1 unspecified atom stereocenters. The number of aliphatic hydroxyl groups excluding tert-OH is 1. The second kappa shape index (κ2) is 9.92. The molecule has 2 aliphatic heterocycles. The maximum Gasteiger partial charge on any atom is 0.165 e. The van der Waals surface area contributed by atoms with Gasteiger partial charge < -0.3 is 30.0 Å². The van der Waals surface area contributed by atoms with Crippen LogP contribution < -0.4 is 24.8 Å². The Bertz CT molecular complexity index is 1360. The normalized spacial score (nSPS) is 19.2. The molecule has 8 nitrogen and oxygen atoms in total. The van der Waals surface area contributed by atoms with E-state index in [-0.39, 0.29) is 24.7 Å². The van der Waals surface area contributed by atoms with Gasteiger partial charge in [0.1, 0.15) is 37.0 Å². The molecule has 3 aromatic rings. The van der Waals surface area contributed by atoms with Gasteiger partial charge in [0.25, 0.3) is 0 Å². The van der Waals surface area contributed by atoms with Crippen molar-refractivity contribution in [2.45, 2.75) is 31.9 Å². The van der Waals surface area contributed by atoms with Crippen LogP contribution in [0.5, 0.6) is 17.2 Å². The lowest BCUT2D eigenvalue weighted by Crippen LogP contribution is -2.45. The summed E-state index contributed by atoms with van der Waals surface area (Å²) in [6.07, 6.45) is 4.65. The van der Waals surface area contributed by atoms with Gasteiger partial charge in [-0.3, -0.25) is 0 Å². The number of nitrogens with zero attached hydrogens (tertiary/aromatic N) is 3. The lowest BCUT2D eigenvalue weighted by molar-refractivity contribution is 0.170. The molecule has 1 fully saturated rings. The van der Waals surface area contributed by atoms with Crippen molar-refractivity contribution in [3.63, 3.8) is 0 Å². The predicted octanol–water partition coefficient (Wildman–Crippen LogP) is 3.01. The van der Waals surface area contributed by atoms with Crippen LogP contribution >= 0.6 is 0 Å². The number of ether oxygens (including phenoxy) is 3. The minimum Gasteiger partial charge on any atom is -0.486 e. The van der Waals surface area contributed by atoms with Crippen molar-refractivity contribution in [2.24, 2.45) is 11.1 Å². The van der Waals surface area contributed by atoms with Gasteiger partial charge in [0.2, 0.25) is 0 Å². The molecule has 0 radical (unpaired) electrons. The van der Waals surface area contributed by atoms with E-state index in [2.05, 4.69) is 51.0 Å². The van der Waals surface area contributed by atoms with Crippen molar-refractivity contribution in [3.05, 3.63) is 71.2 Å². The van der Waals surface area contributed by atoms with Gasteiger partial charge in [-0.15, -0.1) is 0 Å². The quantitative estimate of drug-likeness (QED) is 0.530. The Hall–Kier alpha value is -3.80. The average molecular weight is 499 g/mol. The zero-order valence-electron chi connectivity index (χ0n) is 20.7. The Balaban J connectivity index is 1.08. The summed E-state index contributed by atoms with van der Waals surface area (Å²) < 4.78 is 16.8. The summed E-state index contributed by atoms with van der Waals surface area (Å²) in [5.41, 5.74) is 10.5. The first-order valence-electron chi connectivity index (χ1n) is 12.7. The van der Waals surface area contributed by atoms with Crippen LogP contribution in [0.25, 0.3) is 0 Å². The second-order valence-electron chi connectivity index (χ2n) is 9.78. The third-order valence-electron chi connectivity index (χ3n) is 7.66. The van der Waals surface area contributed by atoms with Crippen molar-refractivity contribution in [1.82, 2.24) is 9.97 Å². The highest BCUT2D eigenvalue weighted by Gasteiger charge is 2.46. The van der Waals surface area contributed by atoms with Crippen molar-refractivity contribution in [2.75, 3.05) is 37.8 Å². The molecule has 3 N–H and O–H groups in total. The lowest BCUT2D eigenvalue weighted by Gasteiger charge is -2.42. The average Bonchev–Trinajstić information content (AvgIpc) is 3.22. The molecule has 1 spiro atoms. The van der Waals surface area contributed by atoms with Gasteiger partial charge in [-0.2, -0.15) is 0 Å². The highest BCUT2D eigenvalue weighted by atomic mass is 16.6. The topological polar surface area (TPSA) is 103 Å². The highest BCUT2D eigenvalue weighted by Crippen LogP contribution is 2.51. The Labute approximate surface area is 216 Å². The third kappa shape index (κ3) is 4.57. The first-order valence-corrected chi connectivity index (χ1v) is 12.7. The molecule has 1 atom stereocenters. The zero-order chi connectivity index (χ0) is 25.2. The van der Waals surface area contributed by atoms with E-state index < -0.39 is 0 Å². The maximum absolute atomic E-state index is 10.0. The standard InChI is InChI=1S/C29H30N4O4/c30-27-23-6-2-1-4-20(23)17-29(27)9-11-33(12-10-29)28-24(19-34)32-21(18-31-28)5-3-13-35-22-7-8-25-26(16-22)37-15-14-36-25/h1-2,4,6-8,16,18,27,34H,9-15,17,19,30H2. The zero-order valence-corrected chi connectivity index (χ0v) is 20.7. The van der Waals surface area contributed by atoms with E-state index >= 15 is 0 Å². The number of hydrogen-bond donors (Lipinski definition) is 2. The fraction of sp³-hybridized carbons (Fsp3) is 0.379. The number of nitrogens with two attached hydrogens (primary N) is 1. The van der Waals surface area contributed by atoms with E-state index in [1.54, 1.807) is 12.3 Å². The van der Waals surface area contributed by atoms with Gasteiger partial charge in [-0.25, -0.2) is 9.97 Å². The molecule has 3 heterocycles. The minimum atomic E-state index is -0.196. The van der Waals surface area contributed by atoms with Crippen molar-refractivity contribution in [1.29, 1.82) is 0 Å². The summed E-state index contributed by atoms with van der Waals surface area (Å²) in [5.74, 6) is 8.73. The number of hydrogen-bond acceptors (Lipinski definition) is 8. The molecule has 1 aromatic heterocycles. The fourth-order valence-electron chi connectivity index (χ4n) is 5.68. The van der Waals surface area contributed by atoms with E-state index in [9.17, 15) is 5.11 Å². The van der Waals surface area contributed by atoms with Crippen LogP contribution in [-0.2, 0) is 13.0 Å². The molecular formula is C29H30N4O4. The van der Waals surface area contributed by atoms with Gasteiger partial charge in [0.05, 0.1) is 12.8 Å². The van der Waals surface area contributed by atoms with E-state index in [4.69, 9.17) is 19.9 Å². The highest BCUT2D eigenvalue weighted by molar-refractivity contribution is 5.48. The molecule has 0 amide bonds. The largest absolute Gasteiger partial charge is 0.486 e. The summed E-state index contributed by atoms with van der Waals surface area (Å²) in [6, 6.07) is 14.1. The predicted molar refractivity (Wildman–Crippen MR) is 139 cm³/mol. The number of aliphatic hydroxyl groups is 1. The number of anilines is 1. The second-order valence-corrected chi connectivity index (χ2v) is 9.78. The van der Waals surface area contributed by atoms with Crippen LogP contribution in [0.3, 0.4) is 0 Å². The van der Waals surface area contributed by atoms with Crippen LogP contribution in [0.2, 0.25) is 0 Å². The van der Waals surface area contributed by atoms with E-state index in [0.717, 1.165) is 43.9 Å². The van der Waals surface area contributed by atoms with Gasteiger partial charge in [-0.05, 0) is 53.9 Å².